The number of amides is 2. The van der Waals surface area contributed by atoms with Crippen molar-refractivity contribution in [2.75, 3.05) is 26.2 Å². The lowest BCUT2D eigenvalue weighted by Gasteiger charge is -2.32. The summed E-state index contributed by atoms with van der Waals surface area (Å²) in [5, 5.41) is 1.26. The summed E-state index contributed by atoms with van der Waals surface area (Å²) < 4.78 is 5.54. The van der Waals surface area contributed by atoms with E-state index in [-0.39, 0.29) is 6.03 Å². The highest BCUT2D eigenvalue weighted by Gasteiger charge is 2.22. The molecule has 92 valence electrons. The average Bonchev–Trinajstić information content (AvgIpc) is 2.36. The molecule has 1 aliphatic rings. The largest absolute Gasteiger partial charge is 0.492 e. The van der Waals surface area contributed by atoms with Gasteiger partial charge in [-0.3, -0.25) is 5.01 Å². The zero-order valence-corrected chi connectivity index (χ0v) is 9.71. The Kier molecular flexibility index (Phi) is 3.82. The number of rotatable bonds is 4. The number of carbonyl (C=O) groups is 1. The molecule has 17 heavy (non-hydrogen) atoms. The predicted octanol–water partition coefficient (Wildman–Crippen LogP) is 1.07. The first-order valence-corrected chi connectivity index (χ1v) is 5.76. The molecular weight excluding hydrogens is 218 g/mol. The van der Waals surface area contributed by atoms with Gasteiger partial charge in [0, 0.05) is 13.1 Å². The van der Waals surface area contributed by atoms with Gasteiger partial charge in [0.25, 0.3) is 0 Å². The van der Waals surface area contributed by atoms with Gasteiger partial charge < -0.3 is 9.64 Å². The maximum Gasteiger partial charge on any atom is 0.334 e. The third-order valence-corrected chi connectivity index (χ3v) is 2.72. The quantitative estimate of drug-likeness (QED) is 0.627. The predicted molar refractivity (Wildman–Crippen MR) is 64.4 cm³/mol. The van der Waals surface area contributed by atoms with Crippen molar-refractivity contribution >= 4 is 6.03 Å². The lowest BCUT2D eigenvalue weighted by Crippen LogP contribution is -2.53. The summed E-state index contributed by atoms with van der Waals surface area (Å²) in [6, 6.07) is 9.45. The van der Waals surface area contributed by atoms with E-state index in [0.29, 0.717) is 19.7 Å². The molecule has 0 unspecified atom stereocenters. The Morgan fingerprint density at radius 1 is 1.24 bits per heavy atom. The van der Waals surface area contributed by atoms with Crippen molar-refractivity contribution in [2.24, 2.45) is 5.84 Å². The van der Waals surface area contributed by atoms with Gasteiger partial charge in [0.1, 0.15) is 12.4 Å². The van der Waals surface area contributed by atoms with Crippen molar-refractivity contribution in [3.8, 4) is 5.75 Å². The fourth-order valence-electron chi connectivity index (χ4n) is 1.80. The normalized spacial score (nSPS) is 16.2. The van der Waals surface area contributed by atoms with Gasteiger partial charge in [-0.25, -0.2) is 10.6 Å². The van der Waals surface area contributed by atoms with Crippen LogP contribution in [0, 0.1) is 0 Å². The van der Waals surface area contributed by atoms with Crippen LogP contribution in [-0.4, -0.2) is 42.2 Å². The van der Waals surface area contributed by atoms with Crippen LogP contribution in [0.3, 0.4) is 0 Å². The van der Waals surface area contributed by atoms with E-state index >= 15 is 0 Å². The number of nitrogens with two attached hydrogens (primary N) is 1. The summed E-state index contributed by atoms with van der Waals surface area (Å²) in [6.45, 7) is 2.45. The zero-order chi connectivity index (χ0) is 12.1. The first-order chi connectivity index (χ1) is 8.27. The van der Waals surface area contributed by atoms with E-state index in [1.807, 2.05) is 30.3 Å². The van der Waals surface area contributed by atoms with Crippen molar-refractivity contribution in [1.29, 1.82) is 0 Å². The van der Waals surface area contributed by atoms with Crippen LogP contribution in [0.4, 0.5) is 4.79 Å². The molecule has 0 spiro atoms. The molecule has 0 bridgehead atoms. The Bertz CT molecular complexity index is 369. The molecule has 0 saturated carbocycles. The second kappa shape index (κ2) is 5.54. The first kappa shape index (κ1) is 11.7. The second-order valence-corrected chi connectivity index (χ2v) is 3.98. The monoisotopic (exact) mass is 235 g/mol. The van der Waals surface area contributed by atoms with Crippen LogP contribution in [0.2, 0.25) is 0 Å². The zero-order valence-electron chi connectivity index (χ0n) is 9.71. The third-order valence-electron chi connectivity index (χ3n) is 2.72. The Hall–Kier alpha value is -1.75. The molecule has 1 heterocycles. The Morgan fingerprint density at radius 2 is 2.00 bits per heavy atom. The van der Waals surface area contributed by atoms with Crippen molar-refractivity contribution in [2.45, 2.75) is 6.42 Å². The number of nitrogens with zero attached hydrogens (tertiary/aromatic N) is 2. The van der Waals surface area contributed by atoms with Crippen LogP contribution in [-0.2, 0) is 0 Å². The Morgan fingerprint density at radius 3 is 2.76 bits per heavy atom. The van der Waals surface area contributed by atoms with E-state index in [1.54, 1.807) is 4.90 Å². The van der Waals surface area contributed by atoms with Crippen LogP contribution < -0.4 is 10.6 Å². The van der Waals surface area contributed by atoms with Gasteiger partial charge in [-0.1, -0.05) is 18.2 Å². The molecule has 1 aromatic rings. The van der Waals surface area contributed by atoms with Crippen molar-refractivity contribution in [1.82, 2.24) is 9.91 Å². The molecular formula is C12H17N3O2. The number of urea groups is 1. The number of hydrazine groups is 1. The molecule has 5 heteroatoms. The lowest BCUT2D eigenvalue weighted by atomic mass is 10.3. The minimum absolute atomic E-state index is 0.118. The van der Waals surface area contributed by atoms with E-state index in [1.165, 1.54) is 5.01 Å². The van der Waals surface area contributed by atoms with E-state index in [2.05, 4.69) is 0 Å². The molecule has 0 atom stereocenters. The van der Waals surface area contributed by atoms with Gasteiger partial charge in [0.15, 0.2) is 0 Å². The molecule has 1 fully saturated rings. The third kappa shape index (κ3) is 3.10. The van der Waals surface area contributed by atoms with Gasteiger partial charge >= 0.3 is 6.03 Å². The highest BCUT2D eigenvalue weighted by molar-refractivity contribution is 5.74. The van der Waals surface area contributed by atoms with E-state index in [4.69, 9.17) is 10.6 Å². The molecule has 1 aliphatic heterocycles. The van der Waals surface area contributed by atoms with Crippen LogP contribution in [0.25, 0.3) is 0 Å². The molecule has 1 aromatic carbocycles. The lowest BCUT2D eigenvalue weighted by molar-refractivity contribution is 0.121. The molecule has 2 amide bonds. The Balaban J connectivity index is 1.77. The molecule has 0 aromatic heterocycles. The average molecular weight is 235 g/mol. The standard InChI is InChI=1S/C12H17N3O2/c13-15-8-4-7-14(12(15)16)9-10-17-11-5-2-1-3-6-11/h1-3,5-6H,4,7-10,13H2. The summed E-state index contributed by atoms with van der Waals surface area (Å²) in [6.07, 6.45) is 0.910. The molecule has 1 saturated heterocycles. The smallest absolute Gasteiger partial charge is 0.334 e. The van der Waals surface area contributed by atoms with Crippen molar-refractivity contribution in [3.63, 3.8) is 0 Å². The highest BCUT2D eigenvalue weighted by atomic mass is 16.5. The summed E-state index contributed by atoms with van der Waals surface area (Å²) in [4.78, 5) is 13.4. The topological polar surface area (TPSA) is 58.8 Å². The number of para-hydroxylation sites is 1. The summed E-state index contributed by atoms with van der Waals surface area (Å²) >= 11 is 0. The molecule has 0 radical (unpaired) electrons. The second-order valence-electron chi connectivity index (χ2n) is 3.98. The van der Waals surface area contributed by atoms with Gasteiger partial charge in [0.2, 0.25) is 0 Å². The number of benzene rings is 1. The molecule has 0 aliphatic carbocycles. The first-order valence-electron chi connectivity index (χ1n) is 5.76. The fourth-order valence-corrected chi connectivity index (χ4v) is 1.80. The summed E-state index contributed by atoms with van der Waals surface area (Å²) in [5.41, 5.74) is 0. The number of carbonyl (C=O) groups excluding carboxylic acids is 1. The molecule has 2 N–H and O–H groups in total. The van der Waals surface area contributed by atoms with E-state index in [0.717, 1.165) is 18.7 Å². The summed E-state index contributed by atoms with van der Waals surface area (Å²) in [5.74, 6) is 6.37. The Labute approximate surface area is 101 Å². The highest BCUT2D eigenvalue weighted by Crippen LogP contribution is 2.09. The number of hydrogen-bond acceptors (Lipinski definition) is 3. The molecule has 5 nitrogen and oxygen atoms in total. The van der Waals surface area contributed by atoms with Crippen molar-refractivity contribution in [3.05, 3.63) is 30.3 Å². The van der Waals surface area contributed by atoms with Crippen LogP contribution in [0.1, 0.15) is 6.42 Å². The van der Waals surface area contributed by atoms with E-state index < -0.39 is 0 Å². The maximum atomic E-state index is 11.6. The number of hydrogen-bond donors (Lipinski definition) is 1. The van der Waals surface area contributed by atoms with Crippen LogP contribution in [0.15, 0.2) is 30.3 Å². The van der Waals surface area contributed by atoms with Gasteiger partial charge in [0.05, 0.1) is 6.54 Å². The molecule has 2 rings (SSSR count). The maximum absolute atomic E-state index is 11.6. The SMILES string of the molecule is NN1CCCN(CCOc2ccccc2)C1=O. The van der Waals surface area contributed by atoms with Gasteiger partial charge in [-0.15, -0.1) is 0 Å². The van der Waals surface area contributed by atoms with Gasteiger partial charge in [-0.2, -0.15) is 0 Å². The van der Waals surface area contributed by atoms with Crippen LogP contribution in [0.5, 0.6) is 5.75 Å². The van der Waals surface area contributed by atoms with E-state index in [9.17, 15) is 4.79 Å². The minimum Gasteiger partial charge on any atom is -0.492 e. The minimum atomic E-state index is -0.118. The number of ether oxygens (including phenoxy) is 1. The fraction of sp³-hybridized carbons (Fsp3) is 0.417. The van der Waals surface area contributed by atoms with Crippen LogP contribution >= 0.6 is 0 Å². The van der Waals surface area contributed by atoms with Crippen molar-refractivity contribution < 1.29 is 9.53 Å². The summed E-state index contributed by atoms with van der Waals surface area (Å²) in [7, 11) is 0. The van der Waals surface area contributed by atoms with Gasteiger partial charge in [-0.05, 0) is 18.6 Å².